The lowest BCUT2D eigenvalue weighted by Gasteiger charge is -2.19. The molecular formula is C16H18N2. The molecule has 0 aliphatic rings. The number of aromatic nitrogens is 2. The molecule has 2 heteroatoms. The van der Waals surface area contributed by atoms with Crippen LogP contribution in [0.3, 0.4) is 0 Å². The van der Waals surface area contributed by atoms with Crippen molar-refractivity contribution in [2.45, 2.75) is 26.2 Å². The van der Waals surface area contributed by atoms with E-state index in [2.05, 4.69) is 54.2 Å². The second-order valence-electron chi connectivity index (χ2n) is 4.87. The van der Waals surface area contributed by atoms with E-state index in [9.17, 15) is 0 Å². The Morgan fingerprint density at radius 1 is 1.33 bits per heavy atom. The molecule has 1 aromatic carbocycles. The molecule has 18 heavy (non-hydrogen) atoms. The van der Waals surface area contributed by atoms with Crippen LogP contribution in [0.25, 0.3) is 11.1 Å². The maximum atomic E-state index is 5.47. The molecule has 0 saturated carbocycles. The summed E-state index contributed by atoms with van der Waals surface area (Å²) >= 11 is 0. The molecule has 1 aromatic heterocycles. The Bertz CT molecular complexity index is 532. The van der Waals surface area contributed by atoms with E-state index in [0.29, 0.717) is 11.8 Å². The molecule has 0 saturated heterocycles. The van der Waals surface area contributed by atoms with Crippen LogP contribution in [-0.4, -0.2) is 10.2 Å². The van der Waals surface area contributed by atoms with Gasteiger partial charge in [0.15, 0.2) is 0 Å². The average Bonchev–Trinajstić information content (AvgIpc) is 2.89. The maximum Gasteiger partial charge on any atom is 0.0565 e. The molecular weight excluding hydrogens is 220 g/mol. The Labute approximate surface area is 108 Å². The summed E-state index contributed by atoms with van der Waals surface area (Å²) in [5.41, 5.74) is 3.60. The molecule has 92 valence electrons. The van der Waals surface area contributed by atoms with Gasteiger partial charge in [0.05, 0.1) is 6.20 Å². The van der Waals surface area contributed by atoms with Gasteiger partial charge in [-0.05, 0) is 23.0 Å². The van der Waals surface area contributed by atoms with Crippen molar-refractivity contribution in [1.29, 1.82) is 0 Å². The first-order valence-corrected chi connectivity index (χ1v) is 6.25. The van der Waals surface area contributed by atoms with Gasteiger partial charge in [-0.1, -0.05) is 38.1 Å². The molecule has 0 amide bonds. The summed E-state index contributed by atoms with van der Waals surface area (Å²) in [4.78, 5) is 0. The predicted molar refractivity (Wildman–Crippen MR) is 75.1 cm³/mol. The van der Waals surface area contributed by atoms with Crippen LogP contribution in [0, 0.1) is 18.3 Å². The van der Waals surface area contributed by atoms with E-state index in [1.165, 1.54) is 11.1 Å². The molecule has 2 nitrogen and oxygen atoms in total. The fraction of sp³-hybridized carbons (Fsp3) is 0.312. The van der Waals surface area contributed by atoms with Gasteiger partial charge in [0.2, 0.25) is 0 Å². The van der Waals surface area contributed by atoms with Crippen molar-refractivity contribution in [2.75, 3.05) is 0 Å². The van der Waals surface area contributed by atoms with Crippen LogP contribution < -0.4 is 0 Å². The summed E-state index contributed by atoms with van der Waals surface area (Å²) in [5.74, 6) is 3.74. The first-order chi connectivity index (χ1) is 8.72. The minimum atomic E-state index is 0.418. The number of terminal acetylenes is 1. The van der Waals surface area contributed by atoms with Crippen LogP contribution in [0.1, 0.15) is 31.7 Å². The lowest BCUT2D eigenvalue weighted by atomic mass is 9.85. The van der Waals surface area contributed by atoms with Crippen LogP contribution in [-0.2, 0) is 0 Å². The van der Waals surface area contributed by atoms with Crippen LogP contribution in [0.15, 0.2) is 36.7 Å². The zero-order valence-electron chi connectivity index (χ0n) is 10.9. The molecule has 2 rings (SSSR count). The van der Waals surface area contributed by atoms with Gasteiger partial charge in [-0.25, -0.2) is 0 Å². The van der Waals surface area contributed by atoms with E-state index >= 15 is 0 Å². The molecule has 0 fully saturated rings. The normalized spacial score (nSPS) is 12.3. The number of rotatable bonds is 4. The number of hydrogen-bond acceptors (Lipinski definition) is 1. The van der Waals surface area contributed by atoms with Crippen LogP contribution >= 0.6 is 0 Å². The van der Waals surface area contributed by atoms with Crippen molar-refractivity contribution in [3.63, 3.8) is 0 Å². The van der Waals surface area contributed by atoms with Gasteiger partial charge in [0.25, 0.3) is 0 Å². The fourth-order valence-electron chi connectivity index (χ4n) is 2.22. The molecule has 1 N–H and O–H groups in total. The molecule has 1 heterocycles. The largest absolute Gasteiger partial charge is 0.285 e. The lowest BCUT2D eigenvalue weighted by molar-refractivity contribution is 0.508. The topological polar surface area (TPSA) is 28.7 Å². The molecule has 1 unspecified atom stereocenters. The Morgan fingerprint density at radius 2 is 2.17 bits per heavy atom. The van der Waals surface area contributed by atoms with Crippen molar-refractivity contribution in [1.82, 2.24) is 10.2 Å². The SMILES string of the molecule is C#CCC(c1cccc(-c2cn[nH]c2)c1)C(C)C. The third-order valence-electron chi connectivity index (χ3n) is 3.29. The molecule has 1 atom stereocenters. The highest BCUT2D eigenvalue weighted by Gasteiger charge is 2.15. The standard InChI is InChI=1S/C16H18N2/c1-4-6-16(12(2)3)14-8-5-7-13(9-14)15-10-17-18-11-15/h1,5,7-12,16H,6H2,2-3H3,(H,17,18). The zero-order valence-corrected chi connectivity index (χ0v) is 10.9. The minimum absolute atomic E-state index is 0.418. The van der Waals surface area contributed by atoms with Gasteiger partial charge in [-0.2, -0.15) is 5.10 Å². The second-order valence-corrected chi connectivity index (χ2v) is 4.87. The Hall–Kier alpha value is -2.01. The number of H-pyrrole nitrogens is 1. The number of nitrogens with zero attached hydrogens (tertiary/aromatic N) is 1. The van der Waals surface area contributed by atoms with Crippen molar-refractivity contribution in [2.24, 2.45) is 5.92 Å². The van der Waals surface area contributed by atoms with Crippen molar-refractivity contribution in [3.8, 4) is 23.5 Å². The van der Waals surface area contributed by atoms with Gasteiger partial charge < -0.3 is 0 Å². The third kappa shape index (κ3) is 2.62. The van der Waals surface area contributed by atoms with Gasteiger partial charge >= 0.3 is 0 Å². The minimum Gasteiger partial charge on any atom is -0.285 e. The van der Waals surface area contributed by atoms with Crippen LogP contribution in [0.2, 0.25) is 0 Å². The fourth-order valence-corrected chi connectivity index (χ4v) is 2.22. The predicted octanol–water partition coefficient (Wildman–Crippen LogP) is 3.84. The van der Waals surface area contributed by atoms with E-state index in [1.807, 2.05) is 12.4 Å². The molecule has 0 spiro atoms. The first-order valence-electron chi connectivity index (χ1n) is 6.25. The second kappa shape index (κ2) is 5.55. The quantitative estimate of drug-likeness (QED) is 0.805. The first kappa shape index (κ1) is 12.4. The Kier molecular flexibility index (Phi) is 3.84. The van der Waals surface area contributed by atoms with Crippen molar-refractivity contribution in [3.05, 3.63) is 42.2 Å². The Morgan fingerprint density at radius 3 is 2.78 bits per heavy atom. The Balaban J connectivity index is 2.34. The monoisotopic (exact) mass is 238 g/mol. The average molecular weight is 238 g/mol. The van der Waals surface area contributed by atoms with Gasteiger partial charge in [-0.3, -0.25) is 5.10 Å². The van der Waals surface area contributed by atoms with E-state index in [0.717, 1.165) is 12.0 Å². The summed E-state index contributed by atoms with van der Waals surface area (Å²) in [7, 11) is 0. The summed E-state index contributed by atoms with van der Waals surface area (Å²) < 4.78 is 0. The number of aromatic amines is 1. The molecule has 0 aliphatic heterocycles. The van der Waals surface area contributed by atoms with Gasteiger partial charge in [-0.15, -0.1) is 12.3 Å². The number of nitrogens with one attached hydrogen (secondary N) is 1. The third-order valence-corrected chi connectivity index (χ3v) is 3.29. The van der Waals surface area contributed by atoms with E-state index < -0.39 is 0 Å². The summed E-state index contributed by atoms with van der Waals surface area (Å²) in [5, 5.41) is 6.83. The van der Waals surface area contributed by atoms with Gasteiger partial charge in [0.1, 0.15) is 0 Å². The lowest BCUT2D eigenvalue weighted by Crippen LogP contribution is -2.06. The van der Waals surface area contributed by atoms with E-state index in [-0.39, 0.29) is 0 Å². The van der Waals surface area contributed by atoms with Gasteiger partial charge in [0, 0.05) is 18.2 Å². The molecule has 0 radical (unpaired) electrons. The highest BCUT2D eigenvalue weighted by molar-refractivity contribution is 5.62. The van der Waals surface area contributed by atoms with E-state index in [1.54, 1.807) is 0 Å². The molecule has 0 aliphatic carbocycles. The van der Waals surface area contributed by atoms with Crippen LogP contribution in [0.5, 0.6) is 0 Å². The molecule has 2 aromatic rings. The highest BCUT2D eigenvalue weighted by Crippen LogP contribution is 2.30. The zero-order chi connectivity index (χ0) is 13.0. The van der Waals surface area contributed by atoms with Crippen molar-refractivity contribution < 1.29 is 0 Å². The number of benzene rings is 1. The van der Waals surface area contributed by atoms with E-state index in [4.69, 9.17) is 6.42 Å². The smallest absolute Gasteiger partial charge is 0.0565 e. The summed E-state index contributed by atoms with van der Waals surface area (Å²) in [6.45, 7) is 4.43. The molecule has 0 bridgehead atoms. The highest BCUT2D eigenvalue weighted by atomic mass is 15.1. The van der Waals surface area contributed by atoms with Crippen molar-refractivity contribution >= 4 is 0 Å². The summed E-state index contributed by atoms with van der Waals surface area (Å²) in [6.07, 6.45) is 10.0. The maximum absolute atomic E-state index is 5.47. The number of hydrogen-bond donors (Lipinski definition) is 1. The van der Waals surface area contributed by atoms with Crippen LogP contribution in [0.4, 0.5) is 0 Å². The summed E-state index contributed by atoms with van der Waals surface area (Å²) in [6, 6.07) is 8.56.